The van der Waals surface area contributed by atoms with Gasteiger partial charge in [-0.15, -0.1) is 0 Å². The van der Waals surface area contributed by atoms with E-state index in [4.69, 9.17) is 4.42 Å². The number of oxazole rings is 1. The van der Waals surface area contributed by atoms with Crippen molar-refractivity contribution in [2.75, 3.05) is 12.4 Å². The van der Waals surface area contributed by atoms with Gasteiger partial charge in [0.25, 0.3) is 11.6 Å². The number of aromatic nitrogens is 3. The van der Waals surface area contributed by atoms with Crippen LogP contribution in [0, 0.1) is 17.8 Å². The van der Waals surface area contributed by atoms with Gasteiger partial charge in [-0.3, -0.25) is 0 Å². The monoisotopic (exact) mass is 268 g/mol. The van der Waals surface area contributed by atoms with Gasteiger partial charge in [-0.1, -0.05) is 0 Å². The van der Waals surface area contributed by atoms with Crippen LogP contribution in [0.3, 0.4) is 0 Å². The van der Waals surface area contributed by atoms with Gasteiger partial charge in [-0.25, -0.2) is 4.98 Å². The van der Waals surface area contributed by atoms with Crippen molar-refractivity contribution >= 4 is 16.9 Å². The Morgan fingerprint density at radius 2 is 2.05 bits per heavy atom. The lowest BCUT2D eigenvalue weighted by Gasteiger charge is -1.96. The highest BCUT2D eigenvalue weighted by Gasteiger charge is 2.05. The molecule has 3 heterocycles. The van der Waals surface area contributed by atoms with Crippen molar-refractivity contribution in [3.63, 3.8) is 0 Å². The summed E-state index contributed by atoms with van der Waals surface area (Å²) < 4.78 is 18.2. The molecular formula is C14H9FN4O. The molecule has 20 heavy (non-hydrogen) atoms. The molecule has 6 heteroatoms. The molecule has 0 aliphatic heterocycles. The van der Waals surface area contributed by atoms with Crippen LogP contribution < -0.4 is 5.32 Å². The summed E-state index contributed by atoms with van der Waals surface area (Å²) in [4.78, 5) is 11.8. The van der Waals surface area contributed by atoms with Gasteiger partial charge in [0.15, 0.2) is 0 Å². The van der Waals surface area contributed by atoms with Gasteiger partial charge in [-0.05, 0) is 36.1 Å². The third kappa shape index (κ3) is 2.42. The molecule has 0 saturated carbocycles. The van der Waals surface area contributed by atoms with Crippen LogP contribution in [0.5, 0.6) is 0 Å². The van der Waals surface area contributed by atoms with Gasteiger partial charge in [0.05, 0.1) is 11.9 Å². The standard InChI is InChI=1S/C14H9FN4O/c1-16-10-3-2-9(17-8-10)4-7-13-18-11-5-6-12(15)19-14(11)20-13/h2-3,5-6,8,16H,1H3. The lowest BCUT2D eigenvalue weighted by molar-refractivity contribution is 0.544. The van der Waals surface area contributed by atoms with Crippen molar-refractivity contribution in [2.45, 2.75) is 0 Å². The average molecular weight is 268 g/mol. The second-order valence-corrected chi connectivity index (χ2v) is 3.91. The van der Waals surface area contributed by atoms with Gasteiger partial charge < -0.3 is 9.73 Å². The van der Waals surface area contributed by atoms with Crippen molar-refractivity contribution in [1.29, 1.82) is 0 Å². The molecule has 0 fully saturated rings. The molecule has 0 spiro atoms. The molecule has 0 aliphatic carbocycles. The maximum atomic E-state index is 12.9. The van der Waals surface area contributed by atoms with Gasteiger partial charge in [0, 0.05) is 7.05 Å². The fraction of sp³-hybridized carbons (Fsp3) is 0.0714. The summed E-state index contributed by atoms with van der Waals surface area (Å²) in [6.07, 6.45) is 1.67. The largest absolute Gasteiger partial charge is 0.411 e. The summed E-state index contributed by atoms with van der Waals surface area (Å²) in [7, 11) is 1.81. The predicted molar refractivity (Wildman–Crippen MR) is 71.5 cm³/mol. The van der Waals surface area contributed by atoms with E-state index < -0.39 is 5.95 Å². The first-order valence-electron chi connectivity index (χ1n) is 5.83. The first-order chi connectivity index (χ1) is 9.74. The summed E-state index contributed by atoms with van der Waals surface area (Å²) in [6.45, 7) is 0. The number of hydrogen-bond acceptors (Lipinski definition) is 5. The molecule has 1 N–H and O–H groups in total. The minimum Gasteiger partial charge on any atom is -0.411 e. The highest BCUT2D eigenvalue weighted by atomic mass is 19.1. The zero-order chi connectivity index (χ0) is 13.9. The summed E-state index contributed by atoms with van der Waals surface area (Å²) in [5, 5.41) is 2.97. The molecule has 98 valence electrons. The van der Waals surface area contributed by atoms with Crippen LogP contribution >= 0.6 is 0 Å². The van der Waals surface area contributed by atoms with E-state index in [2.05, 4.69) is 32.1 Å². The maximum Gasteiger partial charge on any atom is 0.276 e. The second kappa shape index (κ2) is 4.97. The summed E-state index contributed by atoms with van der Waals surface area (Å²) >= 11 is 0. The molecule has 0 bridgehead atoms. The summed E-state index contributed by atoms with van der Waals surface area (Å²) in [5.74, 6) is 5.12. The SMILES string of the molecule is CNc1ccc(C#Cc2nc3ccc(F)nc3o2)nc1. The van der Waals surface area contributed by atoms with E-state index in [0.717, 1.165) is 5.69 Å². The molecule has 5 nitrogen and oxygen atoms in total. The fourth-order valence-electron chi connectivity index (χ4n) is 1.58. The van der Waals surface area contributed by atoms with E-state index in [0.29, 0.717) is 11.2 Å². The highest BCUT2D eigenvalue weighted by Crippen LogP contribution is 2.12. The van der Waals surface area contributed by atoms with Crippen molar-refractivity contribution in [1.82, 2.24) is 15.0 Å². The van der Waals surface area contributed by atoms with Crippen LogP contribution in [0.2, 0.25) is 0 Å². The van der Waals surface area contributed by atoms with Crippen LogP contribution in [0.25, 0.3) is 11.2 Å². The number of pyridine rings is 2. The van der Waals surface area contributed by atoms with E-state index in [-0.39, 0.29) is 11.6 Å². The molecule has 0 unspecified atom stereocenters. The Morgan fingerprint density at radius 3 is 2.80 bits per heavy atom. The average Bonchev–Trinajstić information content (AvgIpc) is 2.87. The number of nitrogens with zero attached hydrogens (tertiary/aromatic N) is 3. The molecule has 3 aromatic rings. The lowest BCUT2D eigenvalue weighted by atomic mass is 10.3. The topological polar surface area (TPSA) is 63.8 Å². The fourth-order valence-corrected chi connectivity index (χ4v) is 1.58. The quantitative estimate of drug-likeness (QED) is 0.541. The highest BCUT2D eigenvalue weighted by molar-refractivity contribution is 5.68. The zero-order valence-electron chi connectivity index (χ0n) is 10.5. The normalized spacial score (nSPS) is 10.1. The molecule has 0 amide bonds. The smallest absolute Gasteiger partial charge is 0.276 e. The number of fused-ring (bicyclic) bond motifs is 1. The molecule has 0 atom stereocenters. The van der Waals surface area contributed by atoms with E-state index in [9.17, 15) is 4.39 Å². The van der Waals surface area contributed by atoms with Gasteiger partial charge in [0.1, 0.15) is 11.2 Å². The Bertz CT molecular complexity index is 815. The first-order valence-corrected chi connectivity index (χ1v) is 5.83. The molecule has 3 aromatic heterocycles. The van der Waals surface area contributed by atoms with Crippen LogP contribution in [0.4, 0.5) is 10.1 Å². The third-order valence-electron chi connectivity index (χ3n) is 2.57. The molecule has 0 aromatic carbocycles. The van der Waals surface area contributed by atoms with Crippen LogP contribution in [0.1, 0.15) is 11.6 Å². The van der Waals surface area contributed by atoms with E-state index in [1.165, 1.54) is 12.1 Å². The number of rotatable bonds is 1. The third-order valence-corrected chi connectivity index (χ3v) is 2.57. The van der Waals surface area contributed by atoms with Crippen LogP contribution in [-0.2, 0) is 0 Å². The van der Waals surface area contributed by atoms with Crippen molar-refractivity contribution in [2.24, 2.45) is 0 Å². The number of halogens is 1. The van der Waals surface area contributed by atoms with Gasteiger partial charge >= 0.3 is 0 Å². The molecule has 0 aliphatic rings. The Hall–Kier alpha value is -2.94. The molecular weight excluding hydrogens is 259 g/mol. The minimum absolute atomic E-state index is 0.132. The van der Waals surface area contributed by atoms with Gasteiger partial charge in [-0.2, -0.15) is 14.4 Å². The van der Waals surface area contributed by atoms with E-state index >= 15 is 0 Å². The summed E-state index contributed by atoms with van der Waals surface area (Å²) in [6, 6.07) is 6.35. The Morgan fingerprint density at radius 1 is 1.15 bits per heavy atom. The minimum atomic E-state index is -0.613. The molecule has 0 saturated heterocycles. The predicted octanol–water partition coefficient (Wildman–Crippen LogP) is 2.20. The molecule has 3 rings (SSSR count). The van der Waals surface area contributed by atoms with Crippen molar-refractivity contribution < 1.29 is 8.81 Å². The Balaban J connectivity index is 1.90. The van der Waals surface area contributed by atoms with Gasteiger partial charge in [0.2, 0.25) is 5.95 Å². The Kier molecular flexibility index (Phi) is 3.01. The first kappa shape index (κ1) is 12.1. The maximum absolute atomic E-state index is 12.9. The number of anilines is 1. The zero-order valence-corrected chi connectivity index (χ0v) is 10.5. The molecule has 0 radical (unpaired) electrons. The number of hydrogen-bond donors (Lipinski definition) is 1. The second-order valence-electron chi connectivity index (χ2n) is 3.91. The van der Waals surface area contributed by atoms with Crippen molar-refractivity contribution in [3.05, 3.63) is 48.0 Å². The van der Waals surface area contributed by atoms with E-state index in [1.54, 1.807) is 12.3 Å². The lowest BCUT2D eigenvalue weighted by Crippen LogP contribution is -1.89. The number of nitrogens with one attached hydrogen (secondary N) is 1. The van der Waals surface area contributed by atoms with Crippen LogP contribution in [-0.4, -0.2) is 22.0 Å². The summed E-state index contributed by atoms with van der Waals surface area (Å²) in [5.41, 5.74) is 2.09. The Labute approximate surface area is 113 Å². The van der Waals surface area contributed by atoms with Crippen LogP contribution in [0.15, 0.2) is 34.9 Å². The van der Waals surface area contributed by atoms with E-state index in [1.807, 2.05) is 13.1 Å². The van der Waals surface area contributed by atoms with Crippen molar-refractivity contribution in [3.8, 4) is 11.8 Å².